The normalized spacial score (nSPS) is 10.5. The zero-order chi connectivity index (χ0) is 17.5. The maximum Gasteiger partial charge on any atom is 0.305 e. The number of ether oxygens (including phenoxy) is 4. The molecular weight excluding hydrogens is 310 g/mol. The standard InChI is InChI=1S/C18H29NO5/c1-2-3-4-9-18(20)24-15-13-22-11-10-21-12-14-23-17-8-6-5-7-16(17)19/h5-8H,2-4,9-15,19H2,1H3. The lowest BCUT2D eigenvalue weighted by Gasteiger charge is -2.09. The third kappa shape index (κ3) is 10.1. The maximum absolute atomic E-state index is 11.3. The average Bonchev–Trinajstić information content (AvgIpc) is 2.58. The first kappa shape index (κ1) is 20.3. The maximum atomic E-state index is 11.3. The molecule has 6 nitrogen and oxygen atoms in total. The van der Waals surface area contributed by atoms with E-state index in [0.717, 1.165) is 19.3 Å². The van der Waals surface area contributed by atoms with Crippen LogP contribution < -0.4 is 10.5 Å². The van der Waals surface area contributed by atoms with Crippen molar-refractivity contribution in [3.05, 3.63) is 24.3 Å². The summed E-state index contributed by atoms with van der Waals surface area (Å²) in [6, 6.07) is 7.35. The Balaban J connectivity index is 1.85. The molecule has 0 saturated carbocycles. The molecule has 0 heterocycles. The number of rotatable bonds is 14. The summed E-state index contributed by atoms with van der Waals surface area (Å²) in [7, 11) is 0. The van der Waals surface area contributed by atoms with E-state index in [1.807, 2.05) is 18.2 Å². The molecule has 0 saturated heterocycles. The Kier molecular flexibility index (Phi) is 11.5. The number of hydrogen-bond acceptors (Lipinski definition) is 6. The van der Waals surface area contributed by atoms with Gasteiger partial charge in [-0.2, -0.15) is 0 Å². The highest BCUT2D eigenvalue weighted by Gasteiger charge is 2.02. The molecule has 0 aliphatic heterocycles. The van der Waals surface area contributed by atoms with E-state index in [9.17, 15) is 4.79 Å². The molecule has 0 atom stereocenters. The molecule has 1 aromatic carbocycles. The van der Waals surface area contributed by atoms with Crippen LogP contribution in [0, 0.1) is 0 Å². The Morgan fingerprint density at radius 3 is 2.33 bits per heavy atom. The van der Waals surface area contributed by atoms with Crippen LogP contribution >= 0.6 is 0 Å². The van der Waals surface area contributed by atoms with Crippen LogP contribution in [0.5, 0.6) is 5.75 Å². The number of carbonyl (C=O) groups is 1. The van der Waals surface area contributed by atoms with E-state index in [1.54, 1.807) is 6.07 Å². The Morgan fingerprint density at radius 2 is 1.62 bits per heavy atom. The summed E-state index contributed by atoms with van der Waals surface area (Å²) in [4.78, 5) is 11.3. The number of carbonyl (C=O) groups excluding carboxylic acids is 1. The van der Waals surface area contributed by atoms with Crippen molar-refractivity contribution in [1.82, 2.24) is 0 Å². The summed E-state index contributed by atoms with van der Waals surface area (Å²) in [6.45, 7) is 4.61. The monoisotopic (exact) mass is 339 g/mol. The lowest BCUT2D eigenvalue weighted by molar-refractivity contribution is -0.145. The van der Waals surface area contributed by atoms with Gasteiger partial charge in [-0.15, -0.1) is 0 Å². The second kappa shape index (κ2) is 13.6. The van der Waals surface area contributed by atoms with Crippen LogP contribution in [0.15, 0.2) is 24.3 Å². The molecule has 0 aliphatic carbocycles. The molecule has 0 unspecified atom stereocenters. The van der Waals surface area contributed by atoms with Crippen LogP contribution in [-0.4, -0.2) is 45.6 Å². The van der Waals surface area contributed by atoms with Crippen LogP contribution in [0.3, 0.4) is 0 Å². The molecule has 136 valence electrons. The number of unbranched alkanes of at least 4 members (excludes halogenated alkanes) is 2. The molecule has 2 N–H and O–H groups in total. The van der Waals surface area contributed by atoms with Crippen molar-refractivity contribution in [2.45, 2.75) is 32.6 Å². The SMILES string of the molecule is CCCCCC(=O)OCCOCCOCCOc1ccccc1N. The third-order valence-electron chi connectivity index (χ3n) is 3.25. The number of esters is 1. The molecule has 0 aliphatic rings. The Bertz CT molecular complexity index is 453. The summed E-state index contributed by atoms with van der Waals surface area (Å²) in [6.07, 6.45) is 3.54. The van der Waals surface area contributed by atoms with Gasteiger partial charge in [0, 0.05) is 6.42 Å². The fraction of sp³-hybridized carbons (Fsp3) is 0.611. The van der Waals surface area contributed by atoms with Crippen molar-refractivity contribution < 1.29 is 23.7 Å². The fourth-order valence-electron chi connectivity index (χ4n) is 1.95. The summed E-state index contributed by atoms with van der Waals surface area (Å²) >= 11 is 0. The third-order valence-corrected chi connectivity index (χ3v) is 3.25. The predicted molar refractivity (Wildman–Crippen MR) is 93.1 cm³/mol. The molecule has 0 aromatic heterocycles. The van der Waals surface area contributed by atoms with Crippen LogP contribution in [0.1, 0.15) is 32.6 Å². The van der Waals surface area contributed by atoms with E-state index in [1.165, 1.54) is 0 Å². The van der Waals surface area contributed by atoms with Gasteiger partial charge < -0.3 is 24.7 Å². The molecule has 0 amide bonds. The molecule has 24 heavy (non-hydrogen) atoms. The van der Waals surface area contributed by atoms with Gasteiger partial charge in [-0.05, 0) is 18.6 Å². The first-order valence-corrected chi connectivity index (χ1v) is 8.52. The van der Waals surface area contributed by atoms with Crippen molar-refractivity contribution >= 4 is 11.7 Å². The molecule has 0 fully saturated rings. The topological polar surface area (TPSA) is 80.0 Å². The zero-order valence-corrected chi connectivity index (χ0v) is 14.5. The van der Waals surface area contributed by atoms with E-state index in [4.69, 9.17) is 24.7 Å². The van der Waals surface area contributed by atoms with Gasteiger partial charge in [0.2, 0.25) is 0 Å². The molecule has 0 bridgehead atoms. The minimum absolute atomic E-state index is 0.152. The van der Waals surface area contributed by atoms with Crippen molar-refractivity contribution in [3.8, 4) is 5.75 Å². The van der Waals surface area contributed by atoms with E-state index in [2.05, 4.69) is 6.92 Å². The number of anilines is 1. The number of nitrogen functional groups attached to an aromatic ring is 1. The van der Waals surface area contributed by atoms with Gasteiger partial charge in [0.05, 0.1) is 32.1 Å². The Hall–Kier alpha value is -1.79. The highest BCUT2D eigenvalue weighted by molar-refractivity contribution is 5.69. The first-order valence-electron chi connectivity index (χ1n) is 8.52. The fourth-order valence-corrected chi connectivity index (χ4v) is 1.95. The highest BCUT2D eigenvalue weighted by Crippen LogP contribution is 2.19. The molecule has 0 spiro atoms. The summed E-state index contributed by atoms with van der Waals surface area (Å²) in [5.74, 6) is 0.513. The van der Waals surface area contributed by atoms with Crippen LogP contribution in [0.2, 0.25) is 0 Å². The van der Waals surface area contributed by atoms with E-state index < -0.39 is 0 Å². The highest BCUT2D eigenvalue weighted by atomic mass is 16.6. The molecule has 1 rings (SSSR count). The van der Waals surface area contributed by atoms with Crippen molar-refractivity contribution in [2.24, 2.45) is 0 Å². The number of para-hydroxylation sites is 2. The second-order valence-corrected chi connectivity index (χ2v) is 5.29. The smallest absolute Gasteiger partial charge is 0.305 e. The Morgan fingerprint density at radius 1 is 0.958 bits per heavy atom. The van der Waals surface area contributed by atoms with Gasteiger partial charge in [0.15, 0.2) is 0 Å². The second-order valence-electron chi connectivity index (χ2n) is 5.29. The number of hydrogen-bond donors (Lipinski definition) is 1. The van der Waals surface area contributed by atoms with E-state index in [-0.39, 0.29) is 5.97 Å². The van der Waals surface area contributed by atoms with Gasteiger partial charge in [-0.3, -0.25) is 4.79 Å². The van der Waals surface area contributed by atoms with Crippen molar-refractivity contribution in [2.75, 3.05) is 45.4 Å². The minimum Gasteiger partial charge on any atom is -0.489 e. The number of nitrogens with two attached hydrogens (primary N) is 1. The van der Waals surface area contributed by atoms with Gasteiger partial charge in [-0.1, -0.05) is 31.9 Å². The molecular formula is C18H29NO5. The van der Waals surface area contributed by atoms with Crippen molar-refractivity contribution in [3.63, 3.8) is 0 Å². The van der Waals surface area contributed by atoms with Crippen LogP contribution in [0.25, 0.3) is 0 Å². The molecule has 6 heteroatoms. The summed E-state index contributed by atoms with van der Waals surface area (Å²) in [5, 5.41) is 0. The average molecular weight is 339 g/mol. The van der Waals surface area contributed by atoms with Crippen LogP contribution in [0.4, 0.5) is 5.69 Å². The quantitative estimate of drug-likeness (QED) is 0.319. The largest absolute Gasteiger partial charge is 0.489 e. The molecule has 1 aromatic rings. The predicted octanol–water partition coefficient (Wildman–Crippen LogP) is 2.80. The lowest BCUT2D eigenvalue weighted by atomic mass is 10.2. The van der Waals surface area contributed by atoms with Crippen LogP contribution in [-0.2, 0) is 19.0 Å². The minimum atomic E-state index is -0.152. The van der Waals surface area contributed by atoms with Gasteiger partial charge >= 0.3 is 5.97 Å². The lowest BCUT2D eigenvalue weighted by Crippen LogP contribution is -2.14. The first-order chi connectivity index (χ1) is 11.7. The number of benzene rings is 1. The summed E-state index contributed by atoms with van der Waals surface area (Å²) in [5.41, 5.74) is 6.38. The zero-order valence-electron chi connectivity index (χ0n) is 14.5. The van der Waals surface area contributed by atoms with Gasteiger partial charge in [0.25, 0.3) is 0 Å². The van der Waals surface area contributed by atoms with Gasteiger partial charge in [0.1, 0.15) is 19.0 Å². The van der Waals surface area contributed by atoms with E-state index >= 15 is 0 Å². The summed E-state index contributed by atoms with van der Waals surface area (Å²) < 4.78 is 21.3. The van der Waals surface area contributed by atoms with Crippen molar-refractivity contribution in [1.29, 1.82) is 0 Å². The Labute approximate surface area is 144 Å². The van der Waals surface area contributed by atoms with E-state index in [0.29, 0.717) is 57.5 Å². The molecule has 0 radical (unpaired) electrons. The van der Waals surface area contributed by atoms with Gasteiger partial charge in [-0.25, -0.2) is 0 Å².